The summed E-state index contributed by atoms with van der Waals surface area (Å²) in [7, 11) is 1.35. The zero-order chi connectivity index (χ0) is 15.1. The molecule has 5 heteroatoms. The number of nitrogens with one attached hydrogen (secondary N) is 1. The van der Waals surface area contributed by atoms with Gasteiger partial charge in [0.2, 0.25) is 5.91 Å². The average molecular weight is 326 g/mol. The molecule has 0 aliphatic carbocycles. The Morgan fingerprint density at radius 2 is 1.43 bits per heavy atom. The van der Waals surface area contributed by atoms with E-state index in [0.717, 1.165) is 12.8 Å². The molecule has 4 nitrogen and oxygen atoms in total. The van der Waals surface area contributed by atoms with Gasteiger partial charge in [0.25, 0.3) is 0 Å². The third-order valence-corrected chi connectivity index (χ3v) is 3.39. The largest absolute Gasteiger partial charge is 1.00 e. The minimum absolute atomic E-state index is 0. The summed E-state index contributed by atoms with van der Waals surface area (Å²) in [6, 6.07) is 0. The second kappa shape index (κ2) is 18.6. The molecule has 0 aromatic carbocycles. The number of hydrogen-bond acceptors (Lipinski definition) is 3. The van der Waals surface area contributed by atoms with Crippen molar-refractivity contribution < 1.29 is 67.1 Å². The van der Waals surface area contributed by atoms with Crippen molar-refractivity contribution in [3.05, 3.63) is 0 Å². The van der Waals surface area contributed by atoms with Gasteiger partial charge in [0, 0.05) is 13.0 Å². The Hall–Kier alpha value is 0.576. The molecule has 0 rings (SSSR count). The van der Waals surface area contributed by atoms with Gasteiger partial charge in [-0.3, -0.25) is 9.59 Å². The summed E-state index contributed by atoms with van der Waals surface area (Å²) in [6.07, 6.45) is 12.1. The van der Waals surface area contributed by atoms with Gasteiger partial charge in [-0.2, -0.15) is 0 Å². The molecular weight excluding hydrogens is 293 g/mol. The maximum atomic E-state index is 11.5. The van der Waals surface area contributed by atoms with Gasteiger partial charge < -0.3 is 11.5 Å². The quantitative estimate of drug-likeness (QED) is 0.308. The summed E-state index contributed by atoms with van der Waals surface area (Å²) in [4.78, 5) is 22.3. The van der Waals surface area contributed by atoms with E-state index in [2.05, 4.69) is 17.0 Å². The van der Waals surface area contributed by atoms with Crippen LogP contribution in [0.25, 0.3) is 0 Å². The molecule has 1 N–H and O–H groups in total. The number of hydrogen-bond donors (Lipinski definition) is 1. The van der Waals surface area contributed by atoms with Crippen molar-refractivity contribution in [1.29, 1.82) is 0 Å². The molecule has 120 valence electrons. The maximum Gasteiger partial charge on any atom is 1.00 e. The molecule has 0 saturated heterocycles. The van der Waals surface area contributed by atoms with Crippen LogP contribution in [0, 0.1) is 0 Å². The fourth-order valence-electron chi connectivity index (χ4n) is 2.09. The first-order valence-corrected chi connectivity index (χ1v) is 8.04. The van der Waals surface area contributed by atoms with Gasteiger partial charge in [0.1, 0.15) is 0 Å². The van der Waals surface area contributed by atoms with E-state index in [9.17, 15) is 9.59 Å². The first kappa shape index (κ1) is 23.8. The number of carbonyl (C=O) groups is 2. The zero-order valence-corrected chi connectivity index (χ0v) is 17.3. The molecule has 0 bridgehead atoms. The first-order chi connectivity index (χ1) is 9.70. The Bertz CT molecular complexity index is 266. The summed E-state index contributed by atoms with van der Waals surface area (Å²) in [6.45, 7) is 2.61. The number of unbranched alkanes of at least 4 members (excludes halogenated alkanes) is 8. The molecule has 21 heavy (non-hydrogen) atoms. The molecule has 0 atom stereocenters. The van der Waals surface area contributed by atoms with Crippen LogP contribution in [0.1, 0.15) is 79.0 Å². The Labute approximate surface area is 174 Å². The number of rotatable bonds is 13. The van der Waals surface area contributed by atoms with Gasteiger partial charge in [0.15, 0.2) is 0 Å². The minimum atomic E-state index is -0.284. The van der Waals surface area contributed by atoms with Crippen LogP contribution in [0.5, 0.6) is 0 Å². The molecule has 0 aromatic rings. The van der Waals surface area contributed by atoms with Crippen LogP contribution in [0.3, 0.4) is 0 Å². The Morgan fingerprint density at radius 3 is 1.95 bits per heavy atom. The van der Waals surface area contributed by atoms with E-state index in [1.165, 1.54) is 52.1 Å². The smallest absolute Gasteiger partial charge is 1.00 e. The molecule has 0 saturated carbocycles. The van der Waals surface area contributed by atoms with E-state index in [1.54, 1.807) is 0 Å². The van der Waals surface area contributed by atoms with E-state index in [1.807, 2.05) is 0 Å². The summed E-state index contributed by atoms with van der Waals surface area (Å²) < 4.78 is 4.50. The third kappa shape index (κ3) is 18.5. The molecule has 1 amide bonds. The van der Waals surface area contributed by atoms with Crippen LogP contribution in [-0.2, 0) is 14.3 Å². The van der Waals surface area contributed by atoms with Gasteiger partial charge in [0.05, 0.1) is 13.5 Å². The summed E-state index contributed by atoms with van der Waals surface area (Å²) in [5.74, 6) is -0.245. The van der Waals surface area contributed by atoms with Crippen LogP contribution in [0.15, 0.2) is 0 Å². The standard InChI is InChI=1S/C16H31NO3.K.H/c1-3-4-5-6-7-8-9-10-11-12-15(18)17-14-13-16(19)20-2;;/h3-14H2,1-2H3,(H,17,18);;/q;+1;-1. The Morgan fingerprint density at radius 1 is 0.905 bits per heavy atom. The van der Waals surface area contributed by atoms with Crippen molar-refractivity contribution in [3.8, 4) is 0 Å². The van der Waals surface area contributed by atoms with Crippen molar-refractivity contribution >= 4 is 11.9 Å². The second-order valence-electron chi connectivity index (χ2n) is 5.25. The molecule has 0 spiro atoms. The van der Waals surface area contributed by atoms with Gasteiger partial charge in [-0.15, -0.1) is 0 Å². The Kier molecular flexibility index (Phi) is 21.1. The third-order valence-electron chi connectivity index (χ3n) is 3.39. The predicted molar refractivity (Wildman–Crippen MR) is 82.6 cm³/mol. The number of methoxy groups -OCH3 is 1. The van der Waals surface area contributed by atoms with E-state index >= 15 is 0 Å². The number of ether oxygens (including phenoxy) is 1. The molecule has 0 aliphatic rings. The average Bonchev–Trinajstić information content (AvgIpc) is 2.45. The number of carbonyl (C=O) groups excluding carboxylic acids is 2. The number of amides is 1. The van der Waals surface area contributed by atoms with Crippen LogP contribution in [-0.4, -0.2) is 25.5 Å². The van der Waals surface area contributed by atoms with Crippen LogP contribution >= 0.6 is 0 Å². The maximum absolute atomic E-state index is 11.5. The number of esters is 1. The second-order valence-corrected chi connectivity index (χ2v) is 5.25. The molecule has 0 aliphatic heterocycles. The fraction of sp³-hybridized carbons (Fsp3) is 0.875. The van der Waals surface area contributed by atoms with Crippen molar-refractivity contribution in [2.75, 3.05) is 13.7 Å². The topological polar surface area (TPSA) is 55.4 Å². The van der Waals surface area contributed by atoms with Gasteiger partial charge in [-0.1, -0.05) is 58.3 Å². The molecule has 0 aromatic heterocycles. The molecule has 0 heterocycles. The van der Waals surface area contributed by atoms with Crippen molar-refractivity contribution in [2.24, 2.45) is 0 Å². The normalized spacial score (nSPS) is 9.81. The molecule has 0 unspecified atom stereocenters. The predicted octanol–water partition coefficient (Wildman–Crippen LogP) is 0.703. The molecule has 0 radical (unpaired) electrons. The minimum Gasteiger partial charge on any atom is -1.00 e. The summed E-state index contributed by atoms with van der Waals surface area (Å²) >= 11 is 0. The monoisotopic (exact) mass is 325 g/mol. The van der Waals surface area contributed by atoms with Gasteiger partial charge in [-0.05, 0) is 6.42 Å². The van der Waals surface area contributed by atoms with Crippen LogP contribution in [0.4, 0.5) is 0 Å². The van der Waals surface area contributed by atoms with Gasteiger partial charge in [-0.25, -0.2) is 0 Å². The molecular formula is C16H32KNO3. The van der Waals surface area contributed by atoms with Crippen molar-refractivity contribution in [3.63, 3.8) is 0 Å². The first-order valence-electron chi connectivity index (χ1n) is 8.04. The van der Waals surface area contributed by atoms with Crippen LogP contribution in [0.2, 0.25) is 0 Å². The van der Waals surface area contributed by atoms with Crippen molar-refractivity contribution in [1.82, 2.24) is 5.32 Å². The van der Waals surface area contributed by atoms with Gasteiger partial charge >= 0.3 is 57.4 Å². The zero-order valence-electron chi connectivity index (χ0n) is 15.2. The summed E-state index contributed by atoms with van der Waals surface area (Å²) in [5, 5.41) is 2.73. The van der Waals surface area contributed by atoms with Crippen molar-refractivity contribution in [2.45, 2.75) is 77.6 Å². The van der Waals surface area contributed by atoms with E-state index in [-0.39, 0.29) is 71.1 Å². The van der Waals surface area contributed by atoms with E-state index in [0.29, 0.717) is 13.0 Å². The van der Waals surface area contributed by atoms with Crippen LogP contribution < -0.4 is 56.7 Å². The molecule has 0 fully saturated rings. The Balaban J connectivity index is -0.00000180. The summed E-state index contributed by atoms with van der Waals surface area (Å²) in [5.41, 5.74) is 0. The fourth-order valence-corrected chi connectivity index (χ4v) is 2.09. The van der Waals surface area contributed by atoms with E-state index < -0.39 is 0 Å². The SMILES string of the molecule is CCCCCCCCCCCC(=O)NCCC(=O)OC.[H-].[K+]. The van der Waals surface area contributed by atoms with E-state index in [4.69, 9.17) is 0 Å².